The molecule has 0 fully saturated rings. The second-order valence-electron chi connectivity index (χ2n) is 5.22. The van der Waals surface area contributed by atoms with Crippen molar-refractivity contribution in [1.82, 2.24) is 4.98 Å². The van der Waals surface area contributed by atoms with E-state index in [2.05, 4.69) is 15.6 Å². The molecule has 2 N–H and O–H groups in total. The standard InChI is InChI=1S/C17H15N3O4/c21-12(11-4-2-1-3-5-11)6-9-15(22)18-14-8-7-13-17(19-14)20-16(23)10-24-13/h1-5,7-8H,6,9-10H2,(H2,18,19,20,22,23). The van der Waals surface area contributed by atoms with Crippen LogP contribution in [0.1, 0.15) is 23.2 Å². The lowest BCUT2D eigenvalue weighted by atomic mass is 10.1. The van der Waals surface area contributed by atoms with Gasteiger partial charge in [0.25, 0.3) is 5.91 Å². The summed E-state index contributed by atoms with van der Waals surface area (Å²) < 4.78 is 5.19. The Hall–Kier alpha value is -3.22. The molecule has 2 aromatic rings. The van der Waals surface area contributed by atoms with Crippen molar-refractivity contribution in [3.05, 3.63) is 48.0 Å². The normalized spacial score (nSPS) is 12.6. The van der Waals surface area contributed by atoms with Crippen LogP contribution >= 0.6 is 0 Å². The van der Waals surface area contributed by atoms with Crippen LogP contribution in [0.2, 0.25) is 0 Å². The summed E-state index contributed by atoms with van der Waals surface area (Å²) in [7, 11) is 0. The number of hydrogen-bond donors (Lipinski definition) is 2. The Morgan fingerprint density at radius 3 is 2.71 bits per heavy atom. The number of aromatic nitrogens is 1. The van der Waals surface area contributed by atoms with Crippen molar-refractivity contribution in [3.63, 3.8) is 0 Å². The molecule has 24 heavy (non-hydrogen) atoms. The fourth-order valence-electron chi connectivity index (χ4n) is 2.23. The minimum Gasteiger partial charge on any atom is -0.480 e. The highest BCUT2D eigenvalue weighted by Gasteiger charge is 2.18. The number of anilines is 2. The molecule has 0 atom stereocenters. The number of pyridine rings is 1. The molecule has 122 valence electrons. The first-order chi connectivity index (χ1) is 11.6. The lowest BCUT2D eigenvalue weighted by Crippen LogP contribution is -2.26. The number of Topliss-reactive ketones (excluding diaryl/α,β-unsaturated/α-hetero) is 1. The summed E-state index contributed by atoms with van der Waals surface area (Å²) in [4.78, 5) is 39.3. The molecule has 1 aromatic heterocycles. The zero-order valence-corrected chi connectivity index (χ0v) is 12.7. The predicted octanol–water partition coefficient (Wildman–Crippen LogP) is 2.01. The van der Waals surface area contributed by atoms with Gasteiger partial charge in [-0.05, 0) is 12.1 Å². The average molecular weight is 325 g/mol. The molecule has 0 unspecified atom stereocenters. The Morgan fingerprint density at radius 1 is 1.12 bits per heavy atom. The van der Waals surface area contributed by atoms with Crippen LogP contribution in [0.4, 0.5) is 11.6 Å². The molecule has 7 nitrogen and oxygen atoms in total. The molecule has 2 heterocycles. The number of ketones is 1. The van der Waals surface area contributed by atoms with Gasteiger partial charge in [-0.25, -0.2) is 4.98 Å². The van der Waals surface area contributed by atoms with Crippen LogP contribution < -0.4 is 15.4 Å². The molecule has 0 radical (unpaired) electrons. The number of rotatable bonds is 5. The molecule has 1 aliphatic heterocycles. The number of nitrogens with one attached hydrogen (secondary N) is 2. The third kappa shape index (κ3) is 3.75. The lowest BCUT2D eigenvalue weighted by Gasteiger charge is -2.17. The van der Waals surface area contributed by atoms with Gasteiger partial charge in [0.1, 0.15) is 5.82 Å². The van der Waals surface area contributed by atoms with Gasteiger partial charge in [0.05, 0.1) is 0 Å². The first-order valence-electron chi connectivity index (χ1n) is 7.43. The third-order valence-electron chi connectivity index (χ3n) is 3.42. The van der Waals surface area contributed by atoms with Crippen LogP contribution in [-0.4, -0.2) is 29.2 Å². The summed E-state index contributed by atoms with van der Waals surface area (Å²) in [6.07, 6.45) is 0.163. The number of nitrogens with zero attached hydrogens (tertiary/aromatic N) is 1. The molecule has 1 aliphatic rings. The summed E-state index contributed by atoms with van der Waals surface area (Å²) in [5.41, 5.74) is 0.581. The van der Waals surface area contributed by atoms with Crippen molar-refractivity contribution in [1.29, 1.82) is 0 Å². The molecule has 2 amide bonds. The van der Waals surface area contributed by atoms with E-state index in [1.54, 1.807) is 36.4 Å². The SMILES string of the molecule is O=C(CCC(=O)c1ccccc1)Nc1ccc2c(n1)NC(=O)CO2. The van der Waals surface area contributed by atoms with Gasteiger partial charge in [0.2, 0.25) is 5.91 Å². The largest absolute Gasteiger partial charge is 0.480 e. The third-order valence-corrected chi connectivity index (χ3v) is 3.42. The van der Waals surface area contributed by atoms with E-state index in [0.29, 0.717) is 11.3 Å². The maximum atomic E-state index is 12.0. The Labute approximate surface area is 138 Å². The summed E-state index contributed by atoms with van der Waals surface area (Å²) in [5.74, 6) is 0.291. The van der Waals surface area contributed by atoms with Gasteiger partial charge in [0.15, 0.2) is 24.0 Å². The molecule has 1 aromatic carbocycles. The summed E-state index contributed by atoms with van der Waals surface area (Å²) in [6.45, 7) is -0.0536. The molecule has 7 heteroatoms. The number of amides is 2. The zero-order valence-electron chi connectivity index (χ0n) is 12.7. The van der Waals surface area contributed by atoms with Gasteiger partial charge in [-0.1, -0.05) is 30.3 Å². The van der Waals surface area contributed by atoms with Gasteiger partial charge in [-0.15, -0.1) is 0 Å². The molecule has 0 saturated heterocycles. The Morgan fingerprint density at radius 2 is 1.92 bits per heavy atom. The molecule has 0 aliphatic carbocycles. The maximum absolute atomic E-state index is 12.0. The van der Waals surface area contributed by atoms with E-state index >= 15 is 0 Å². The van der Waals surface area contributed by atoms with E-state index in [1.807, 2.05) is 6.07 Å². The smallest absolute Gasteiger partial charge is 0.263 e. The highest BCUT2D eigenvalue weighted by Crippen LogP contribution is 2.26. The Bertz CT molecular complexity index is 790. The van der Waals surface area contributed by atoms with E-state index < -0.39 is 0 Å². The van der Waals surface area contributed by atoms with Gasteiger partial charge >= 0.3 is 0 Å². The molecule has 3 rings (SSSR count). The Kier molecular flexibility index (Phi) is 4.51. The van der Waals surface area contributed by atoms with Gasteiger partial charge < -0.3 is 15.4 Å². The van der Waals surface area contributed by atoms with E-state index in [1.165, 1.54) is 0 Å². The van der Waals surface area contributed by atoms with Crippen LogP contribution in [0.3, 0.4) is 0 Å². The van der Waals surface area contributed by atoms with E-state index in [9.17, 15) is 14.4 Å². The maximum Gasteiger partial charge on any atom is 0.263 e. The van der Waals surface area contributed by atoms with Crippen LogP contribution in [-0.2, 0) is 9.59 Å². The van der Waals surface area contributed by atoms with Crippen molar-refractivity contribution < 1.29 is 19.1 Å². The van der Waals surface area contributed by atoms with Crippen molar-refractivity contribution in [2.45, 2.75) is 12.8 Å². The van der Waals surface area contributed by atoms with E-state index in [-0.39, 0.29) is 48.7 Å². The summed E-state index contributed by atoms with van der Waals surface area (Å²) in [6, 6.07) is 12.0. The van der Waals surface area contributed by atoms with Gasteiger partial charge in [-0.2, -0.15) is 0 Å². The quantitative estimate of drug-likeness (QED) is 0.820. The topological polar surface area (TPSA) is 97.4 Å². The fourth-order valence-corrected chi connectivity index (χ4v) is 2.23. The first-order valence-corrected chi connectivity index (χ1v) is 7.43. The van der Waals surface area contributed by atoms with E-state index in [4.69, 9.17) is 4.74 Å². The minimum absolute atomic E-state index is 0.0509. The Balaban J connectivity index is 1.56. The van der Waals surface area contributed by atoms with E-state index in [0.717, 1.165) is 0 Å². The molecular weight excluding hydrogens is 310 g/mol. The lowest BCUT2D eigenvalue weighted by molar-refractivity contribution is -0.118. The zero-order chi connectivity index (χ0) is 16.9. The number of benzene rings is 1. The predicted molar refractivity (Wildman–Crippen MR) is 87.0 cm³/mol. The first kappa shape index (κ1) is 15.7. The average Bonchev–Trinajstić information content (AvgIpc) is 2.60. The van der Waals surface area contributed by atoms with Crippen molar-refractivity contribution in [2.75, 3.05) is 17.2 Å². The van der Waals surface area contributed by atoms with Gasteiger partial charge in [-0.3, -0.25) is 14.4 Å². The number of hydrogen-bond acceptors (Lipinski definition) is 5. The van der Waals surface area contributed by atoms with Crippen LogP contribution in [0, 0.1) is 0 Å². The monoisotopic (exact) mass is 325 g/mol. The van der Waals surface area contributed by atoms with Crippen LogP contribution in [0.25, 0.3) is 0 Å². The van der Waals surface area contributed by atoms with Gasteiger partial charge in [0, 0.05) is 18.4 Å². The van der Waals surface area contributed by atoms with Crippen LogP contribution in [0.15, 0.2) is 42.5 Å². The number of fused-ring (bicyclic) bond motifs is 1. The number of carbonyl (C=O) groups excluding carboxylic acids is 3. The number of carbonyl (C=O) groups is 3. The minimum atomic E-state index is -0.324. The fraction of sp³-hybridized carbons (Fsp3) is 0.176. The highest BCUT2D eigenvalue weighted by molar-refractivity contribution is 6.00. The van der Waals surface area contributed by atoms with Crippen molar-refractivity contribution >= 4 is 29.2 Å². The highest BCUT2D eigenvalue weighted by atomic mass is 16.5. The molecule has 0 bridgehead atoms. The van der Waals surface area contributed by atoms with Crippen LogP contribution in [0.5, 0.6) is 5.75 Å². The second-order valence-corrected chi connectivity index (χ2v) is 5.22. The summed E-state index contributed by atoms with van der Waals surface area (Å²) >= 11 is 0. The molecule has 0 saturated carbocycles. The summed E-state index contributed by atoms with van der Waals surface area (Å²) in [5, 5.41) is 5.17. The molecule has 0 spiro atoms. The van der Waals surface area contributed by atoms with Crippen molar-refractivity contribution in [2.24, 2.45) is 0 Å². The molecular formula is C17H15N3O4. The second kappa shape index (κ2) is 6.91. The van der Waals surface area contributed by atoms with Crippen molar-refractivity contribution in [3.8, 4) is 5.75 Å². The number of ether oxygens (including phenoxy) is 1.